The van der Waals surface area contributed by atoms with Gasteiger partial charge >= 0.3 is 0 Å². The maximum atomic E-state index is 5.05. The van der Waals surface area contributed by atoms with Crippen molar-refractivity contribution in [2.45, 2.75) is 12.8 Å². The van der Waals surface area contributed by atoms with Crippen LogP contribution in [0.3, 0.4) is 0 Å². The lowest BCUT2D eigenvalue weighted by Crippen LogP contribution is -2.01. The summed E-state index contributed by atoms with van der Waals surface area (Å²) in [7, 11) is 0. The molecule has 0 aromatic carbocycles. The Kier molecular flexibility index (Phi) is 1.35. The van der Waals surface area contributed by atoms with Gasteiger partial charge in [-0.25, -0.2) is 0 Å². The monoisotopic (exact) mass is 97.1 g/mol. The van der Waals surface area contributed by atoms with E-state index in [-0.39, 0.29) is 0 Å². The highest BCUT2D eigenvalue weighted by molar-refractivity contribution is 4.92. The van der Waals surface area contributed by atoms with Crippen molar-refractivity contribution in [3.63, 3.8) is 0 Å². The van der Waals surface area contributed by atoms with E-state index in [4.69, 9.17) is 4.74 Å². The zero-order valence-corrected chi connectivity index (χ0v) is 4.31. The Morgan fingerprint density at radius 2 is 2.57 bits per heavy atom. The number of hydrogen-bond donors (Lipinski definition) is 0. The molecule has 0 aromatic heterocycles. The molecule has 1 aliphatic rings. The molecule has 1 radical (unpaired) electrons. The largest absolute Gasteiger partial charge is 0.499 e. The highest BCUT2D eigenvalue weighted by Gasteiger charge is 2.01. The van der Waals surface area contributed by atoms with Crippen LogP contribution in [0.5, 0.6) is 0 Å². The Bertz CT molecular complexity index is 68.2. The summed E-state index contributed by atoms with van der Waals surface area (Å²) in [4.78, 5) is 0. The van der Waals surface area contributed by atoms with E-state index in [1.165, 1.54) is 0 Å². The fourth-order valence-electron chi connectivity index (χ4n) is 0.609. The van der Waals surface area contributed by atoms with E-state index in [2.05, 4.69) is 13.0 Å². The number of allylic oxidation sites excluding steroid dienone is 1. The average Bonchev–Trinajstić information content (AvgIpc) is 1.69. The van der Waals surface area contributed by atoms with Gasteiger partial charge in [-0.05, 0) is 12.8 Å². The van der Waals surface area contributed by atoms with Crippen LogP contribution in [0, 0.1) is 6.42 Å². The Morgan fingerprint density at radius 1 is 1.71 bits per heavy atom. The summed E-state index contributed by atoms with van der Waals surface area (Å²) in [5.74, 6) is 0.909. The van der Waals surface area contributed by atoms with Gasteiger partial charge < -0.3 is 4.74 Å². The molecule has 0 unspecified atom stereocenters. The Hall–Kier alpha value is -0.460. The first-order valence-electron chi connectivity index (χ1n) is 2.52. The Labute approximate surface area is 44.0 Å². The lowest BCUT2D eigenvalue weighted by atomic mass is 10.2. The smallest absolute Gasteiger partial charge is 0.0891 e. The van der Waals surface area contributed by atoms with E-state index >= 15 is 0 Å². The standard InChI is InChI=1S/C6H9O/c1-6-4-2-3-5-7-6/h2H,1,3-5H2. The first kappa shape index (κ1) is 4.69. The summed E-state index contributed by atoms with van der Waals surface area (Å²) in [5, 5.41) is 0. The average molecular weight is 97.1 g/mol. The second-order valence-electron chi connectivity index (χ2n) is 1.67. The minimum absolute atomic E-state index is 0.832. The third-order valence-corrected chi connectivity index (χ3v) is 1.00. The summed E-state index contributed by atoms with van der Waals surface area (Å²) < 4.78 is 5.05. The van der Waals surface area contributed by atoms with Crippen molar-refractivity contribution in [1.82, 2.24) is 0 Å². The van der Waals surface area contributed by atoms with Gasteiger partial charge in [0.1, 0.15) is 0 Å². The summed E-state index contributed by atoms with van der Waals surface area (Å²) >= 11 is 0. The summed E-state index contributed by atoms with van der Waals surface area (Å²) in [6.45, 7) is 4.49. The molecule has 1 heteroatoms. The zero-order chi connectivity index (χ0) is 5.11. The molecular weight excluding hydrogens is 88.1 g/mol. The number of hydrogen-bond acceptors (Lipinski definition) is 1. The molecular formula is C6H9O. The van der Waals surface area contributed by atoms with Crippen molar-refractivity contribution in [3.05, 3.63) is 18.8 Å². The van der Waals surface area contributed by atoms with Crippen molar-refractivity contribution in [1.29, 1.82) is 0 Å². The molecule has 1 aliphatic heterocycles. The minimum atomic E-state index is 0.832. The van der Waals surface area contributed by atoms with Crippen molar-refractivity contribution in [3.8, 4) is 0 Å². The normalized spacial score (nSPS) is 21.4. The van der Waals surface area contributed by atoms with Gasteiger partial charge in [0.15, 0.2) is 0 Å². The molecule has 0 spiro atoms. The number of ether oxygens (including phenoxy) is 1. The van der Waals surface area contributed by atoms with Crippen LogP contribution in [-0.2, 0) is 4.74 Å². The van der Waals surface area contributed by atoms with Crippen molar-refractivity contribution in [2.75, 3.05) is 6.61 Å². The summed E-state index contributed by atoms with van der Waals surface area (Å²) in [6, 6.07) is 0. The van der Waals surface area contributed by atoms with Crippen molar-refractivity contribution in [2.24, 2.45) is 0 Å². The third kappa shape index (κ3) is 1.22. The lowest BCUT2D eigenvalue weighted by Gasteiger charge is -2.12. The van der Waals surface area contributed by atoms with Crippen LogP contribution in [-0.4, -0.2) is 6.61 Å². The van der Waals surface area contributed by atoms with E-state index < -0.39 is 0 Å². The molecule has 0 aliphatic carbocycles. The Morgan fingerprint density at radius 3 is 2.86 bits per heavy atom. The van der Waals surface area contributed by atoms with Crippen LogP contribution in [0.15, 0.2) is 12.3 Å². The molecule has 1 heterocycles. The molecule has 0 aromatic rings. The summed E-state index contributed by atoms with van der Waals surface area (Å²) in [5.41, 5.74) is 0. The fourth-order valence-corrected chi connectivity index (χ4v) is 0.609. The van der Waals surface area contributed by atoms with E-state index in [9.17, 15) is 0 Å². The van der Waals surface area contributed by atoms with Gasteiger partial charge in [-0.3, -0.25) is 0 Å². The molecule has 0 saturated carbocycles. The molecule has 1 fully saturated rings. The maximum absolute atomic E-state index is 5.05. The quantitative estimate of drug-likeness (QED) is 0.445. The molecule has 0 bridgehead atoms. The van der Waals surface area contributed by atoms with E-state index in [1.54, 1.807) is 0 Å². The van der Waals surface area contributed by atoms with Crippen LogP contribution in [0.1, 0.15) is 12.8 Å². The Balaban J connectivity index is 2.25. The predicted molar refractivity (Wildman–Crippen MR) is 28.6 cm³/mol. The molecule has 0 amide bonds. The van der Waals surface area contributed by atoms with Gasteiger partial charge in [0.05, 0.1) is 12.4 Å². The zero-order valence-electron chi connectivity index (χ0n) is 4.31. The summed E-state index contributed by atoms with van der Waals surface area (Å²) in [6.07, 6.45) is 4.21. The second kappa shape index (κ2) is 2.01. The van der Waals surface area contributed by atoms with Crippen molar-refractivity contribution >= 4 is 0 Å². The van der Waals surface area contributed by atoms with Gasteiger partial charge in [0, 0.05) is 6.42 Å². The van der Waals surface area contributed by atoms with Gasteiger partial charge in [0.2, 0.25) is 0 Å². The van der Waals surface area contributed by atoms with Crippen LogP contribution >= 0.6 is 0 Å². The highest BCUT2D eigenvalue weighted by atomic mass is 16.5. The minimum Gasteiger partial charge on any atom is -0.499 e. The lowest BCUT2D eigenvalue weighted by molar-refractivity contribution is 0.189. The highest BCUT2D eigenvalue weighted by Crippen LogP contribution is 2.11. The van der Waals surface area contributed by atoms with Crippen LogP contribution < -0.4 is 0 Å². The molecule has 7 heavy (non-hydrogen) atoms. The first-order valence-corrected chi connectivity index (χ1v) is 2.52. The molecule has 1 saturated heterocycles. The number of rotatable bonds is 0. The van der Waals surface area contributed by atoms with Crippen molar-refractivity contribution < 1.29 is 4.74 Å². The third-order valence-electron chi connectivity index (χ3n) is 1.00. The van der Waals surface area contributed by atoms with Gasteiger partial charge in [-0.15, -0.1) is 0 Å². The van der Waals surface area contributed by atoms with E-state index in [1.807, 2.05) is 0 Å². The molecule has 0 atom stereocenters. The van der Waals surface area contributed by atoms with Crippen LogP contribution in [0.2, 0.25) is 0 Å². The second-order valence-corrected chi connectivity index (χ2v) is 1.67. The first-order chi connectivity index (χ1) is 3.39. The predicted octanol–water partition coefficient (Wildman–Crippen LogP) is 1.51. The van der Waals surface area contributed by atoms with E-state index in [0.717, 1.165) is 25.2 Å². The van der Waals surface area contributed by atoms with E-state index in [0.29, 0.717) is 0 Å². The van der Waals surface area contributed by atoms with Gasteiger partial charge in [-0.1, -0.05) is 6.58 Å². The van der Waals surface area contributed by atoms with Gasteiger partial charge in [0.25, 0.3) is 0 Å². The fraction of sp³-hybridized carbons (Fsp3) is 0.500. The molecule has 1 nitrogen and oxygen atoms in total. The van der Waals surface area contributed by atoms with Crippen LogP contribution in [0.4, 0.5) is 0 Å². The topological polar surface area (TPSA) is 9.23 Å². The molecule has 39 valence electrons. The molecule has 0 N–H and O–H groups in total. The maximum Gasteiger partial charge on any atom is 0.0891 e. The van der Waals surface area contributed by atoms with Gasteiger partial charge in [-0.2, -0.15) is 0 Å². The van der Waals surface area contributed by atoms with Crippen LogP contribution in [0.25, 0.3) is 0 Å². The molecule has 1 rings (SSSR count). The SMILES string of the molecule is C=C1C[CH]CCO1.